The van der Waals surface area contributed by atoms with Crippen molar-refractivity contribution >= 4 is 17.6 Å². The number of ether oxygens (including phenoxy) is 1. The van der Waals surface area contributed by atoms with Crippen LogP contribution in [0.5, 0.6) is 5.88 Å². The van der Waals surface area contributed by atoms with Crippen molar-refractivity contribution in [2.45, 2.75) is 40.5 Å². The molecule has 0 bridgehead atoms. The maximum Gasteiger partial charge on any atom is 0.309 e. The molecule has 0 fully saturated rings. The molecule has 6 nitrogen and oxygen atoms in total. The number of nitrogens with one attached hydrogen (secondary N) is 1. The van der Waals surface area contributed by atoms with Gasteiger partial charge in [0.25, 0.3) is 5.91 Å². The number of aromatic nitrogens is 2. The molecule has 4 aromatic rings. The summed E-state index contributed by atoms with van der Waals surface area (Å²) in [4.78, 5) is 24.6. The third kappa shape index (κ3) is 5.49. The van der Waals surface area contributed by atoms with Crippen LogP contribution in [0.1, 0.15) is 47.4 Å². The Bertz CT molecular complexity index is 1340. The number of aryl methyl sites for hydroxylation is 3. The fourth-order valence-electron chi connectivity index (χ4n) is 3.87. The summed E-state index contributed by atoms with van der Waals surface area (Å²) >= 11 is 0. The van der Waals surface area contributed by atoms with E-state index in [1.54, 1.807) is 16.8 Å². The molecule has 6 heteroatoms. The summed E-state index contributed by atoms with van der Waals surface area (Å²) in [6.45, 7) is 7.48. The molecule has 1 aromatic heterocycles. The van der Waals surface area contributed by atoms with Crippen molar-refractivity contribution in [1.29, 1.82) is 0 Å². The van der Waals surface area contributed by atoms with Crippen LogP contribution in [0.3, 0.4) is 0 Å². The second-order valence-corrected chi connectivity index (χ2v) is 8.62. The zero-order valence-electron chi connectivity index (χ0n) is 20.5. The molecule has 0 radical (unpaired) electrons. The van der Waals surface area contributed by atoms with Crippen molar-refractivity contribution in [2.24, 2.45) is 0 Å². The van der Waals surface area contributed by atoms with Gasteiger partial charge >= 0.3 is 5.97 Å². The first-order chi connectivity index (χ1) is 16.9. The number of hydrogen-bond acceptors (Lipinski definition) is 4. The largest absolute Gasteiger partial charge is 0.407 e. The Balaban J connectivity index is 1.70. The molecular formula is C29H29N3O3. The number of rotatable bonds is 7. The van der Waals surface area contributed by atoms with Crippen LogP contribution in [-0.2, 0) is 11.2 Å². The lowest BCUT2D eigenvalue weighted by molar-refractivity contribution is -0.132. The van der Waals surface area contributed by atoms with Crippen LogP contribution in [0.4, 0.5) is 5.69 Å². The number of anilines is 1. The van der Waals surface area contributed by atoms with Crippen molar-refractivity contribution in [3.63, 3.8) is 0 Å². The first-order valence-electron chi connectivity index (χ1n) is 11.7. The van der Waals surface area contributed by atoms with E-state index in [0.717, 1.165) is 46.5 Å². The van der Waals surface area contributed by atoms with Gasteiger partial charge in [-0.25, -0.2) is 0 Å². The summed E-state index contributed by atoms with van der Waals surface area (Å²) in [7, 11) is 0. The van der Waals surface area contributed by atoms with Crippen LogP contribution in [0.15, 0.2) is 72.8 Å². The summed E-state index contributed by atoms with van der Waals surface area (Å²) in [5.41, 5.74) is 6.81. The second kappa shape index (κ2) is 10.4. The molecule has 1 heterocycles. The highest BCUT2D eigenvalue weighted by Gasteiger charge is 2.23. The lowest BCUT2D eigenvalue weighted by Crippen LogP contribution is -2.11. The van der Waals surface area contributed by atoms with E-state index >= 15 is 0 Å². The molecule has 35 heavy (non-hydrogen) atoms. The van der Waals surface area contributed by atoms with Gasteiger partial charge in [0.15, 0.2) is 0 Å². The zero-order valence-corrected chi connectivity index (χ0v) is 20.5. The van der Waals surface area contributed by atoms with Gasteiger partial charge in [-0.05, 0) is 62.2 Å². The Hall–Kier alpha value is -4.19. The van der Waals surface area contributed by atoms with Crippen molar-refractivity contribution in [1.82, 2.24) is 9.78 Å². The van der Waals surface area contributed by atoms with Crippen molar-refractivity contribution < 1.29 is 14.3 Å². The van der Waals surface area contributed by atoms with E-state index in [1.165, 1.54) is 6.92 Å². The Morgan fingerprint density at radius 3 is 2.06 bits per heavy atom. The summed E-state index contributed by atoms with van der Waals surface area (Å²) < 4.78 is 7.39. The standard InChI is InChI=1S/C29H29N3O3/c1-5-6-26-27(29(35-21(4)33)32(31-26)25-17-9-20(3)10-18-25)22-13-15-24(16-14-22)30-28(34)23-11-7-19(2)8-12-23/h7-18H,5-6H2,1-4H3,(H,30,34). The molecule has 0 aliphatic carbocycles. The van der Waals surface area contributed by atoms with Gasteiger partial charge in [-0.15, -0.1) is 0 Å². The van der Waals surface area contributed by atoms with Gasteiger partial charge in [-0.3, -0.25) is 9.59 Å². The Morgan fingerprint density at radius 2 is 1.49 bits per heavy atom. The topological polar surface area (TPSA) is 73.2 Å². The maximum atomic E-state index is 12.6. The highest BCUT2D eigenvalue weighted by molar-refractivity contribution is 6.04. The lowest BCUT2D eigenvalue weighted by Gasteiger charge is -2.11. The van der Waals surface area contributed by atoms with Crippen LogP contribution in [-0.4, -0.2) is 21.7 Å². The number of carbonyl (C=O) groups excluding carboxylic acids is 2. The van der Waals surface area contributed by atoms with Crippen molar-refractivity contribution in [2.75, 3.05) is 5.32 Å². The fraction of sp³-hybridized carbons (Fsp3) is 0.207. The number of amides is 1. The normalized spacial score (nSPS) is 10.7. The molecule has 1 amide bonds. The van der Waals surface area contributed by atoms with E-state index in [-0.39, 0.29) is 5.91 Å². The number of benzene rings is 3. The molecule has 0 saturated carbocycles. The monoisotopic (exact) mass is 467 g/mol. The van der Waals surface area contributed by atoms with Crippen molar-refractivity contribution in [3.05, 3.63) is 95.2 Å². The van der Waals surface area contributed by atoms with Gasteiger partial charge in [0.1, 0.15) is 0 Å². The Kier molecular flexibility index (Phi) is 7.11. The van der Waals surface area contributed by atoms with E-state index in [4.69, 9.17) is 9.84 Å². The minimum atomic E-state index is -0.412. The summed E-state index contributed by atoms with van der Waals surface area (Å²) in [6, 6.07) is 22.9. The third-order valence-electron chi connectivity index (χ3n) is 5.67. The van der Waals surface area contributed by atoms with Crippen LogP contribution in [0.2, 0.25) is 0 Å². The van der Waals surface area contributed by atoms with E-state index in [9.17, 15) is 9.59 Å². The molecule has 1 N–H and O–H groups in total. The molecule has 0 aliphatic heterocycles. The molecule has 0 spiro atoms. The van der Waals surface area contributed by atoms with E-state index in [0.29, 0.717) is 17.1 Å². The van der Waals surface area contributed by atoms with Gasteiger partial charge in [-0.1, -0.05) is 60.9 Å². The zero-order chi connectivity index (χ0) is 24.9. The van der Waals surface area contributed by atoms with E-state index < -0.39 is 5.97 Å². The Morgan fingerprint density at radius 1 is 0.886 bits per heavy atom. The van der Waals surface area contributed by atoms with Gasteiger partial charge < -0.3 is 10.1 Å². The van der Waals surface area contributed by atoms with Gasteiger partial charge in [0.2, 0.25) is 5.88 Å². The van der Waals surface area contributed by atoms with Crippen LogP contribution in [0.25, 0.3) is 16.8 Å². The first-order valence-corrected chi connectivity index (χ1v) is 11.7. The molecule has 0 atom stereocenters. The quantitative estimate of drug-likeness (QED) is 0.324. The first kappa shape index (κ1) is 24.0. The van der Waals surface area contributed by atoms with Crippen molar-refractivity contribution in [3.8, 4) is 22.7 Å². The minimum Gasteiger partial charge on any atom is -0.407 e. The van der Waals surface area contributed by atoms with Gasteiger partial charge in [0, 0.05) is 18.2 Å². The number of esters is 1. The number of nitrogens with zero attached hydrogens (tertiary/aromatic N) is 2. The second-order valence-electron chi connectivity index (χ2n) is 8.62. The molecule has 178 valence electrons. The van der Waals surface area contributed by atoms with Gasteiger partial charge in [-0.2, -0.15) is 9.78 Å². The highest BCUT2D eigenvalue weighted by atomic mass is 16.5. The smallest absolute Gasteiger partial charge is 0.309 e. The summed E-state index contributed by atoms with van der Waals surface area (Å²) in [5.74, 6) is -0.192. The molecule has 0 saturated heterocycles. The summed E-state index contributed by atoms with van der Waals surface area (Å²) in [6.07, 6.45) is 1.62. The number of hydrogen-bond donors (Lipinski definition) is 1. The molecule has 4 rings (SSSR count). The van der Waals surface area contributed by atoms with E-state index in [1.807, 2.05) is 74.5 Å². The highest BCUT2D eigenvalue weighted by Crippen LogP contribution is 2.37. The van der Waals surface area contributed by atoms with Gasteiger partial charge in [0.05, 0.1) is 16.9 Å². The molecule has 3 aromatic carbocycles. The average Bonchev–Trinajstić information content (AvgIpc) is 3.17. The fourth-order valence-corrected chi connectivity index (χ4v) is 3.87. The van der Waals surface area contributed by atoms with E-state index in [2.05, 4.69) is 12.2 Å². The predicted octanol–water partition coefficient (Wildman–Crippen LogP) is 6.29. The lowest BCUT2D eigenvalue weighted by atomic mass is 10.0. The number of carbonyl (C=O) groups is 2. The maximum absolute atomic E-state index is 12.6. The molecule has 0 unspecified atom stereocenters. The van der Waals surface area contributed by atoms with Crippen LogP contribution in [0, 0.1) is 13.8 Å². The minimum absolute atomic E-state index is 0.169. The average molecular weight is 468 g/mol. The molecule has 0 aliphatic rings. The van der Waals surface area contributed by atoms with Crippen LogP contribution >= 0.6 is 0 Å². The third-order valence-corrected chi connectivity index (χ3v) is 5.67. The predicted molar refractivity (Wildman–Crippen MR) is 138 cm³/mol. The summed E-state index contributed by atoms with van der Waals surface area (Å²) in [5, 5.41) is 7.75. The Labute approximate surface area is 205 Å². The SMILES string of the molecule is CCCc1nn(-c2ccc(C)cc2)c(OC(C)=O)c1-c1ccc(NC(=O)c2ccc(C)cc2)cc1. The molecular weight excluding hydrogens is 438 g/mol. The van der Waals surface area contributed by atoms with Crippen LogP contribution < -0.4 is 10.1 Å².